The zero-order chi connectivity index (χ0) is 16.4. The SMILES string of the molecule is C[C@@H]1C[C@@H]2OC(=O)C[C@@H]2[C@H]1CCC(=O)COc1cccc(Cl)c1. The van der Waals surface area contributed by atoms with Gasteiger partial charge in [-0.15, -0.1) is 0 Å². The average Bonchev–Trinajstić information content (AvgIpc) is 2.98. The second kappa shape index (κ2) is 6.91. The van der Waals surface area contributed by atoms with Gasteiger partial charge in [-0.1, -0.05) is 24.6 Å². The van der Waals surface area contributed by atoms with Gasteiger partial charge in [0.05, 0.1) is 6.42 Å². The van der Waals surface area contributed by atoms with Gasteiger partial charge in [-0.2, -0.15) is 0 Å². The monoisotopic (exact) mass is 336 g/mol. The minimum absolute atomic E-state index is 0.0605. The Balaban J connectivity index is 1.46. The van der Waals surface area contributed by atoms with E-state index in [0.29, 0.717) is 41.4 Å². The summed E-state index contributed by atoms with van der Waals surface area (Å²) in [5.74, 6) is 1.77. The summed E-state index contributed by atoms with van der Waals surface area (Å²) in [5, 5.41) is 0.590. The van der Waals surface area contributed by atoms with Gasteiger partial charge in [0.2, 0.25) is 0 Å². The van der Waals surface area contributed by atoms with Crippen LogP contribution in [0.15, 0.2) is 24.3 Å². The van der Waals surface area contributed by atoms with Gasteiger partial charge in [0.25, 0.3) is 0 Å². The molecule has 1 aliphatic heterocycles. The van der Waals surface area contributed by atoms with Crippen LogP contribution in [0.1, 0.15) is 32.6 Å². The molecule has 0 aromatic heterocycles. The highest BCUT2D eigenvalue weighted by Gasteiger charge is 2.47. The molecule has 1 heterocycles. The average molecular weight is 337 g/mol. The first kappa shape index (κ1) is 16.3. The van der Waals surface area contributed by atoms with Crippen molar-refractivity contribution < 1.29 is 19.1 Å². The number of carbonyl (C=O) groups is 2. The molecule has 0 bridgehead atoms. The van der Waals surface area contributed by atoms with Crippen molar-refractivity contribution in [2.75, 3.05) is 6.61 Å². The van der Waals surface area contributed by atoms with Crippen LogP contribution < -0.4 is 4.74 Å². The fourth-order valence-corrected chi connectivity index (χ4v) is 4.04. The zero-order valence-electron chi connectivity index (χ0n) is 13.2. The molecule has 2 fully saturated rings. The van der Waals surface area contributed by atoms with E-state index in [2.05, 4.69) is 6.92 Å². The molecule has 0 amide bonds. The van der Waals surface area contributed by atoms with Crippen molar-refractivity contribution in [2.24, 2.45) is 17.8 Å². The minimum atomic E-state index is -0.0903. The first-order valence-electron chi connectivity index (χ1n) is 8.12. The van der Waals surface area contributed by atoms with Crippen LogP contribution in [0, 0.1) is 17.8 Å². The van der Waals surface area contributed by atoms with Gasteiger partial charge >= 0.3 is 5.97 Å². The number of ether oxygens (including phenoxy) is 2. The summed E-state index contributed by atoms with van der Waals surface area (Å²) >= 11 is 5.88. The van der Waals surface area contributed by atoms with E-state index in [4.69, 9.17) is 21.1 Å². The Morgan fingerprint density at radius 2 is 2.26 bits per heavy atom. The highest BCUT2D eigenvalue weighted by molar-refractivity contribution is 6.30. The Bertz CT molecular complexity index is 600. The summed E-state index contributed by atoms with van der Waals surface area (Å²) < 4.78 is 10.8. The van der Waals surface area contributed by atoms with Crippen molar-refractivity contribution in [3.05, 3.63) is 29.3 Å². The normalized spacial score (nSPS) is 29.2. The molecule has 4 atom stereocenters. The molecule has 1 saturated heterocycles. The molecule has 0 N–H and O–H groups in total. The van der Waals surface area contributed by atoms with Crippen LogP contribution in [0.5, 0.6) is 5.75 Å². The van der Waals surface area contributed by atoms with Crippen LogP contribution in [0.4, 0.5) is 0 Å². The van der Waals surface area contributed by atoms with Gasteiger partial charge in [-0.25, -0.2) is 0 Å². The maximum absolute atomic E-state index is 12.1. The molecule has 23 heavy (non-hydrogen) atoms. The number of hydrogen-bond acceptors (Lipinski definition) is 4. The van der Waals surface area contributed by atoms with Gasteiger partial charge in [-0.3, -0.25) is 9.59 Å². The molecule has 1 aliphatic carbocycles. The molecule has 5 heteroatoms. The number of hydrogen-bond donors (Lipinski definition) is 0. The standard InChI is InChI=1S/C18H21ClO4/c1-11-7-17-16(9-18(21)23-17)15(11)6-5-13(20)10-22-14-4-2-3-12(19)8-14/h2-4,8,11,15-17H,5-7,9-10H2,1H3/t11-,15+,16-,17+/m1/s1. The van der Waals surface area contributed by atoms with Crippen LogP contribution in [0.3, 0.4) is 0 Å². The molecule has 1 saturated carbocycles. The zero-order valence-corrected chi connectivity index (χ0v) is 13.9. The molecule has 4 nitrogen and oxygen atoms in total. The van der Waals surface area contributed by atoms with Crippen LogP contribution in [0.25, 0.3) is 0 Å². The molecule has 1 aromatic carbocycles. The summed E-state index contributed by atoms with van der Waals surface area (Å²) in [6.07, 6.45) is 2.78. The van der Waals surface area contributed by atoms with Crippen molar-refractivity contribution in [3.8, 4) is 5.75 Å². The Morgan fingerprint density at radius 1 is 1.43 bits per heavy atom. The molecule has 124 valence electrons. The van der Waals surface area contributed by atoms with Gasteiger partial charge in [0, 0.05) is 17.4 Å². The third kappa shape index (κ3) is 3.86. The second-order valence-corrected chi connectivity index (χ2v) is 7.03. The quantitative estimate of drug-likeness (QED) is 0.744. The molecule has 1 aromatic rings. The van der Waals surface area contributed by atoms with Gasteiger partial charge in [-0.05, 0) is 42.9 Å². The lowest BCUT2D eigenvalue weighted by atomic mass is 9.84. The summed E-state index contributed by atoms with van der Waals surface area (Å²) in [5.41, 5.74) is 0. The molecular weight excluding hydrogens is 316 g/mol. The van der Waals surface area contributed by atoms with E-state index in [9.17, 15) is 9.59 Å². The summed E-state index contributed by atoms with van der Waals surface area (Å²) in [6, 6.07) is 7.03. The Hall–Kier alpha value is -1.55. The lowest BCUT2D eigenvalue weighted by Crippen LogP contribution is -2.19. The number of carbonyl (C=O) groups excluding carboxylic acids is 2. The predicted molar refractivity (Wildman–Crippen MR) is 86.4 cm³/mol. The lowest BCUT2D eigenvalue weighted by Gasteiger charge is -2.19. The topological polar surface area (TPSA) is 52.6 Å². The third-order valence-corrected chi connectivity index (χ3v) is 5.24. The van der Waals surface area contributed by atoms with E-state index in [1.807, 2.05) is 0 Å². The van der Waals surface area contributed by atoms with Crippen LogP contribution in [0.2, 0.25) is 5.02 Å². The number of Topliss-reactive ketones (excluding diaryl/α,β-unsaturated/α-hetero) is 1. The van der Waals surface area contributed by atoms with E-state index in [0.717, 1.165) is 12.8 Å². The largest absolute Gasteiger partial charge is 0.486 e. The highest BCUT2D eigenvalue weighted by Crippen LogP contribution is 2.46. The van der Waals surface area contributed by atoms with Crippen molar-refractivity contribution in [1.82, 2.24) is 0 Å². The van der Waals surface area contributed by atoms with Gasteiger partial charge in [0.1, 0.15) is 18.5 Å². The van der Waals surface area contributed by atoms with Gasteiger partial charge in [0.15, 0.2) is 5.78 Å². The number of esters is 1. The van der Waals surface area contributed by atoms with Crippen molar-refractivity contribution in [2.45, 2.75) is 38.7 Å². The van der Waals surface area contributed by atoms with Crippen LogP contribution >= 0.6 is 11.6 Å². The van der Waals surface area contributed by atoms with Gasteiger partial charge < -0.3 is 9.47 Å². The third-order valence-electron chi connectivity index (χ3n) is 5.00. The number of benzene rings is 1. The fourth-order valence-electron chi connectivity index (χ4n) is 3.86. The minimum Gasteiger partial charge on any atom is -0.486 e. The molecule has 0 radical (unpaired) electrons. The van der Waals surface area contributed by atoms with Crippen molar-refractivity contribution >= 4 is 23.4 Å². The van der Waals surface area contributed by atoms with E-state index < -0.39 is 0 Å². The van der Waals surface area contributed by atoms with Crippen molar-refractivity contribution in [3.63, 3.8) is 0 Å². The Labute approximate surface area is 141 Å². The van der Waals surface area contributed by atoms with E-state index in [-0.39, 0.29) is 24.5 Å². The molecule has 0 unspecified atom stereocenters. The summed E-state index contributed by atoms with van der Waals surface area (Å²) in [6.45, 7) is 2.24. The number of ketones is 1. The maximum Gasteiger partial charge on any atom is 0.306 e. The van der Waals surface area contributed by atoms with Crippen molar-refractivity contribution in [1.29, 1.82) is 0 Å². The molecule has 2 aliphatic rings. The number of fused-ring (bicyclic) bond motifs is 1. The molecule has 0 spiro atoms. The maximum atomic E-state index is 12.1. The Kier molecular flexibility index (Phi) is 4.90. The highest BCUT2D eigenvalue weighted by atomic mass is 35.5. The second-order valence-electron chi connectivity index (χ2n) is 6.60. The Morgan fingerprint density at radius 3 is 3.04 bits per heavy atom. The van der Waals surface area contributed by atoms with E-state index in [1.165, 1.54) is 0 Å². The fraction of sp³-hybridized carbons (Fsp3) is 0.556. The molecule has 3 rings (SSSR count). The van der Waals surface area contributed by atoms with Crippen LogP contribution in [-0.2, 0) is 14.3 Å². The first-order chi connectivity index (χ1) is 11.0. The first-order valence-corrected chi connectivity index (χ1v) is 8.50. The van der Waals surface area contributed by atoms with Crippen LogP contribution in [-0.4, -0.2) is 24.5 Å². The summed E-state index contributed by atoms with van der Waals surface area (Å²) in [7, 11) is 0. The number of halogens is 1. The number of rotatable bonds is 6. The lowest BCUT2D eigenvalue weighted by molar-refractivity contribution is -0.141. The summed E-state index contributed by atoms with van der Waals surface area (Å²) in [4.78, 5) is 23.5. The molecular formula is C18H21ClO4. The van der Waals surface area contributed by atoms with E-state index in [1.54, 1.807) is 24.3 Å². The predicted octanol–water partition coefficient (Wildman–Crippen LogP) is 3.66. The van der Waals surface area contributed by atoms with E-state index >= 15 is 0 Å². The smallest absolute Gasteiger partial charge is 0.306 e.